The van der Waals surface area contributed by atoms with E-state index in [2.05, 4.69) is 26.9 Å². The van der Waals surface area contributed by atoms with Crippen LogP contribution in [0.3, 0.4) is 0 Å². The van der Waals surface area contributed by atoms with E-state index in [0.29, 0.717) is 22.7 Å². The van der Waals surface area contributed by atoms with Crippen molar-refractivity contribution in [2.24, 2.45) is 0 Å². The zero-order chi connectivity index (χ0) is 15.4. The normalized spacial score (nSPS) is 21.9. The van der Waals surface area contributed by atoms with Gasteiger partial charge in [0.1, 0.15) is 5.69 Å². The second kappa shape index (κ2) is 6.93. The Kier molecular flexibility index (Phi) is 5.22. The highest BCUT2D eigenvalue weighted by Gasteiger charge is 2.29. The van der Waals surface area contributed by atoms with Crippen molar-refractivity contribution in [1.29, 1.82) is 0 Å². The van der Waals surface area contributed by atoms with E-state index in [1.54, 1.807) is 14.0 Å². The van der Waals surface area contributed by atoms with Gasteiger partial charge in [-0.15, -0.1) is 0 Å². The Bertz CT molecular complexity index is 526. The second-order valence-corrected chi connectivity index (χ2v) is 6.22. The van der Waals surface area contributed by atoms with Crippen LogP contribution in [0.15, 0.2) is 0 Å². The number of nitrogens with zero attached hydrogens (tertiary/aromatic N) is 3. The predicted molar refractivity (Wildman–Crippen MR) is 86.2 cm³/mol. The number of hydrogen-bond acceptors (Lipinski definition) is 7. The summed E-state index contributed by atoms with van der Waals surface area (Å²) in [6.07, 6.45) is 6.60. The van der Waals surface area contributed by atoms with Crippen LogP contribution in [0.5, 0.6) is 0 Å². The number of aryl methyl sites for hydroxylation is 1. The van der Waals surface area contributed by atoms with Crippen molar-refractivity contribution in [2.75, 3.05) is 23.9 Å². The van der Waals surface area contributed by atoms with Gasteiger partial charge in [0.2, 0.25) is 11.8 Å². The molecule has 1 aromatic heterocycles. The van der Waals surface area contributed by atoms with Crippen LogP contribution >= 0.6 is 11.8 Å². The molecule has 8 heteroatoms. The summed E-state index contributed by atoms with van der Waals surface area (Å²) >= 11 is 1.81. The van der Waals surface area contributed by atoms with Gasteiger partial charge in [-0.2, -0.15) is 16.7 Å². The molecule has 2 unspecified atom stereocenters. The molecule has 0 bridgehead atoms. The molecule has 2 atom stereocenters. The van der Waals surface area contributed by atoms with Gasteiger partial charge in [-0.05, 0) is 26.0 Å². The van der Waals surface area contributed by atoms with Gasteiger partial charge in [0.05, 0.1) is 4.92 Å². The summed E-state index contributed by atoms with van der Waals surface area (Å²) in [6.45, 7) is 1.64. The Labute approximate surface area is 128 Å². The van der Waals surface area contributed by atoms with Crippen LogP contribution in [-0.4, -0.2) is 39.5 Å². The highest BCUT2D eigenvalue weighted by atomic mass is 32.2. The fourth-order valence-corrected chi connectivity index (χ4v) is 3.65. The molecule has 7 nitrogen and oxygen atoms in total. The largest absolute Gasteiger partial charge is 0.360 e. The molecule has 1 heterocycles. The number of hydrogen-bond donors (Lipinski definition) is 2. The third-order valence-electron chi connectivity index (χ3n) is 3.79. The fourth-order valence-electron chi connectivity index (χ4n) is 2.72. The molecule has 0 saturated heterocycles. The van der Waals surface area contributed by atoms with Crippen LogP contribution in [0.2, 0.25) is 0 Å². The standard InChI is InChI=1S/C13H21N5O2S/c1-8-11(18(19)20)12(17-13(14-2)15-8)16-9-6-4-5-7-10(9)21-3/h9-10H,4-7H2,1-3H3,(H2,14,15,16,17). The van der Waals surface area contributed by atoms with Gasteiger partial charge in [0.25, 0.3) is 0 Å². The maximum Gasteiger partial charge on any atom is 0.332 e. The van der Waals surface area contributed by atoms with Crippen molar-refractivity contribution in [3.05, 3.63) is 15.8 Å². The lowest BCUT2D eigenvalue weighted by Gasteiger charge is -2.31. The number of thioether (sulfide) groups is 1. The first-order valence-corrected chi connectivity index (χ1v) is 8.35. The molecule has 2 rings (SSSR count). The summed E-state index contributed by atoms with van der Waals surface area (Å²) in [6, 6.07) is 0.214. The molecular weight excluding hydrogens is 290 g/mol. The average molecular weight is 311 g/mol. The number of anilines is 2. The van der Waals surface area contributed by atoms with E-state index in [4.69, 9.17) is 0 Å². The van der Waals surface area contributed by atoms with Crippen molar-refractivity contribution in [3.8, 4) is 0 Å². The molecule has 116 valence electrons. The molecule has 0 aromatic carbocycles. The molecule has 21 heavy (non-hydrogen) atoms. The molecule has 0 radical (unpaired) electrons. The summed E-state index contributed by atoms with van der Waals surface area (Å²) in [5, 5.41) is 17.9. The summed E-state index contributed by atoms with van der Waals surface area (Å²) < 4.78 is 0. The van der Waals surface area contributed by atoms with Crippen LogP contribution in [0, 0.1) is 17.0 Å². The van der Waals surface area contributed by atoms with Crippen molar-refractivity contribution in [1.82, 2.24) is 9.97 Å². The predicted octanol–water partition coefficient (Wildman–Crippen LogP) is 2.82. The molecule has 0 amide bonds. The van der Waals surface area contributed by atoms with E-state index in [1.807, 2.05) is 11.8 Å². The second-order valence-electron chi connectivity index (χ2n) is 5.15. The monoisotopic (exact) mass is 311 g/mol. The summed E-state index contributed by atoms with van der Waals surface area (Å²) in [7, 11) is 1.70. The smallest absolute Gasteiger partial charge is 0.332 e. The molecular formula is C13H21N5O2S. The highest BCUT2D eigenvalue weighted by Crippen LogP contribution is 2.33. The number of rotatable bonds is 5. The third kappa shape index (κ3) is 3.55. The van der Waals surface area contributed by atoms with Gasteiger partial charge < -0.3 is 10.6 Å². The minimum Gasteiger partial charge on any atom is -0.360 e. The van der Waals surface area contributed by atoms with Gasteiger partial charge in [-0.3, -0.25) is 10.1 Å². The lowest BCUT2D eigenvalue weighted by atomic mass is 9.95. The number of nitrogens with one attached hydrogen (secondary N) is 2. The molecule has 2 N–H and O–H groups in total. The molecule has 0 spiro atoms. The van der Waals surface area contributed by atoms with Crippen LogP contribution in [0.25, 0.3) is 0 Å². The lowest BCUT2D eigenvalue weighted by molar-refractivity contribution is -0.385. The number of aromatic nitrogens is 2. The Balaban J connectivity index is 2.32. The topological polar surface area (TPSA) is 93.0 Å². The summed E-state index contributed by atoms with van der Waals surface area (Å²) in [4.78, 5) is 19.2. The lowest BCUT2D eigenvalue weighted by Crippen LogP contribution is -2.35. The maximum absolute atomic E-state index is 11.3. The van der Waals surface area contributed by atoms with Crippen molar-refractivity contribution in [3.63, 3.8) is 0 Å². The van der Waals surface area contributed by atoms with E-state index >= 15 is 0 Å². The summed E-state index contributed by atoms with van der Waals surface area (Å²) in [5.74, 6) is 0.722. The zero-order valence-electron chi connectivity index (χ0n) is 12.5. The first kappa shape index (κ1) is 15.8. The average Bonchev–Trinajstić information content (AvgIpc) is 2.46. The minimum absolute atomic E-state index is 0.0283. The first-order valence-electron chi connectivity index (χ1n) is 7.07. The molecule has 1 aliphatic rings. The van der Waals surface area contributed by atoms with Gasteiger partial charge in [-0.1, -0.05) is 12.8 Å². The van der Waals surface area contributed by atoms with Crippen LogP contribution < -0.4 is 10.6 Å². The molecule has 1 aliphatic carbocycles. The quantitative estimate of drug-likeness (QED) is 0.638. The van der Waals surface area contributed by atoms with Crippen LogP contribution in [0.4, 0.5) is 17.5 Å². The van der Waals surface area contributed by atoms with E-state index < -0.39 is 4.92 Å². The molecule has 1 fully saturated rings. The van der Waals surface area contributed by atoms with Crippen molar-refractivity contribution >= 4 is 29.2 Å². The van der Waals surface area contributed by atoms with E-state index in [0.717, 1.165) is 19.3 Å². The van der Waals surface area contributed by atoms with Crippen molar-refractivity contribution < 1.29 is 4.92 Å². The Hall–Kier alpha value is -1.57. The third-order valence-corrected chi connectivity index (χ3v) is 4.96. The molecule has 1 aromatic rings. The molecule has 0 aliphatic heterocycles. The zero-order valence-corrected chi connectivity index (χ0v) is 13.4. The fraction of sp³-hybridized carbons (Fsp3) is 0.692. The summed E-state index contributed by atoms with van der Waals surface area (Å²) in [5.41, 5.74) is 0.345. The van der Waals surface area contributed by atoms with Gasteiger partial charge in [0.15, 0.2) is 0 Å². The van der Waals surface area contributed by atoms with Gasteiger partial charge >= 0.3 is 5.69 Å². The van der Waals surface area contributed by atoms with Crippen molar-refractivity contribution in [2.45, 2.75) is 43.9 Å². The Morgan fingerprint density at radius 3 is 2.67 bits per heavy atom. The van der Waals surface area contributed by atoms with E-state index in [1.165, 1.54) is 6.42 Å². The minimum atomic E-state index is -0.409. The van der Waals surface area contributed by atoms with E-state index in [9.17, 15) is 10.1 Å². The van der Waals surface area contributed by atoms with Crippen LogP contribution in [0.1, 0.15) is 31.4 Å². The van der Waals surface area contributed by atoms with Gasteiger partial charge in [0, 0.05) is 18.3 Å². The Morgan fingerprint density at radius 2 is 2.05 bits per heavy atom. The van der Waals surface area contributed by atoms with E-state index in [-0.39, 0.29) is 11.7 Å². The van der Waals surface area contributed by atoms with Gasteiger partial charge in [-0.25, -0.2) is 4.98 Å². The first-order chi connectivity index (χ1) is 10.1. The maximum atomic E-state index is 11.3. The highest BCUT2D eigenvalue weighted by molar-refractivity contribution is 7.99. The Morgan fingerprint density at radius 1 is 1.33 bits per heavy atom. The van der Waals surface area contributed by atoms with Crippen LogP contribution in [-0.2, 0) is 0 Å². The number of nitro groups is 1. The SMILES string of the molecule is CNc1nc(C)c([N+](=O)[O-])c(NC2CCCCC2SC)n1. The molecule has 1 saturated carbocycles.